The van der Waals surface area contributed by atoms with Crippen LogP contribution in [0.3, 0.4) is 0 Å². The van der Waals surface area contributed by atoms with Crippen LogP contribution in [0.4, 0.5) is 0 Å². The van der Waals surface area contributed by atoms with Gasteiger partial charge in [-0.2, -0.15) is 11.8 Å². The van der Waals surface area contributed by atoms with Crippen LogP contribution < -0.4 is 5.32 Å². The Morgan fingerprint density at radius 1 is 1.50 bits per heavy atom. The van der Waals surface area contributed by atoms with Crippen LogP contribution in [-0.4, -0.2) is 35.5 Å². The number of unbranched alkanes of at least 4 members (excludes halogenated alkanes) is 1. The Balaban J connectivity index is 2.22. The van der Waals surface area contributed by atoms with E-state index in [9.17, 15) is 0 Å². The second kappa shape index (κ2) is 8.29. The summed E-state index contributed by atoms with van der Waals surface area (Å²) in [6.07, 6.45) is 5.95. The van der Waals surface area contributed by atoms with Crippen molar-refractivity contribution in [2.24, 2.45) is 10.9 Å². The molecule has 0 amide bonds. The number of aliphatic imine (C=N–C) groups is 1. The summed E-state index contributed by atoms with van der Waals surface area (Å²) in [6.45, 7) is 5.55. The van der Waals surface area contributed by atoms with Crippen LogP contribution in [0.15, 0.2) is 4.99 Å². The first kappa shape index (κ1) is 14.2. The minimum absolute atomic E-state index is 0.631. The maximum atomic E-state index is 4.65. The molecule has 1 aliphatic heterocycles. The van der Waals surface area contributed by atoms with Crippen molar-refractivity contribution >= 4 is 28.7 Å². The van der Waals surface area contributed by atoms with E-state index in [-0.39, 0.29) is 0 Å². The van der Waals surface area contributed by atoms with Crippen molar-refractivity contribution in [3.05, 3.63) is 0 Å². The molecule has 0 aliphatic carbocycles. The first-order valence-electron chi connectivity index (χ1n) is 6.16. The molecule has 0 spiro atoms. The molecule has 0 bridgehead atoms. The Morgan fingerprint density at radius 3 is 3.00 bits per heavy atom. The van der Waals surface area contributed by atoms with E-state index in [0.717, 1.165) is 6.54 Å². The minimum atomic E-state index is 0.631. The number of rotatable bonds is 6. The van der Waals surface area contributed by atoms with Crippen molar-refractivity contribution < 1.29 is 0 Å². The average molecular weight is 260 g/mol. The van der Waals surface area contributed by atoms with E-state index in [2.05, 4.69) is 30.4 Å². The molecule has 0 aromatic carbocycles. The maximum Gasteiger partial charge on any atom is 0.156 e. The summed E-state index contributed by atoms with van der Waals surface area (Å²) in [6, 6.07) is 0.631. The summed E-state index contributed by atoms with van der Waals surface area (Å²) in [5.41, 5.74) is 0. The molecule has 0 aromatic heterocycles. The lowest BCUT2D eigenvalue weighted by atomic mass is 10.0. The molecular formula is C12H24N2S2. The van der Waals surface area contributed by atoms with Gasteiger partial charge in [0.15, 0.2) is 5.17 Å². The Kier molecular flexibility index (Phi) is 7.37. The number of nitrogens with zero attached hydrogens (tertiary/aromatic N) is 1. The summed E-state index contributed by atoms with van der Waals surface area (Å²) in [5, 5.41) is 4.73. The molecule has 1 fully saturated rings. The minimum Gasteiger partial charge on any atom is -0.362 e. The first-order chi connectivity index (χ1) is 7.74. The molecule has 1 aliphatic rings. The molecule has 1 N–H and O–H groups in total. The molecule has 0 aromatic rings. The van der Waals surface area contributed by atoms with Gasteiger partial charge < -0.3 is 5.32 Å². The summed E-state index contributed by atoms with van der Waals surface area (Å²) in [4.78, 5) is 4.65. The second-order valence-corrected chi connectivity index (χ2v) is 6.59. The molecule has 0 saturated carbocycles. The highest BCUT2D eigenvalue weighted by Crippen LogP contribution is 2.18. The molecule has 1 heterocycles. The third-order valence-corrected chi connectivity index (χ3v) is 4.45. The summed E-state index contributed by atoms with van der Waals surface area (Å²) < 4.78 is 0. The van der Waals surface area contributed by atoms with Gasteiger partial charge in [-0.05, 0) is 37.2 Å². The normalized spacial score (nSPS) is 23.8. The van der Waals surface area contributed by atoms with Gasteiger partial charge in [-0.3, -0.25) is 4.99 Å². The fraction of sp³-hybridized carbons (Fsp3) is 0.917. The van der Waals surface area contributed by atoms with E-state index >= 15 is 0 Å². The second-order valence-electron chi connectivity index (χ2n) is 4.52. The Morgan fingerprint density at radius 2 is 2.31 bits per heavy atom. The molecule has 0 radical (unpaired) electrons. The number of hydrogen-bond donors (Lipinski definition) is 1. The monoisotopic (exact) mass is 260 g/mol. The molecule has 1 saturated heterocycles. The van der Waals surface area contributed by atoms with Gasteiger partial charge in [-0.15, -0.1) is 0 Å². The SMILES string of the molecule is CSCCCCN=C1NC(C(C)C)CCS1. The van der Waals surface area contributed by atoms with E-state index in [1.54, 1.807) is 0 Å². The van der Waals surface area contributed by atoms with Gasteiger partial charge >= 0.3 is 0 Å². The number of thioether (sulfide) groups is 2. The van der Waals surface area contributed by atoms with Crippen molar-refractivity contribution in [3.63, 3.8) is 0 Å². The van der Waals surface area contributed by atoms with E-state index in [0.29, 0.717) is 12.0 Å². The van der Waals surface area contributed by atoms with E-state index < -0.39 is 0 Å². The van der Waals surface area contributed by atoms with Crippen LogP contribution in [0.2, 0.25) is 0 Å². The molecular weight excluding hydrogens is 236 g/mol. The average Bonchev–Trinajstić information content (AvgIpc) is 2.29. The fourth-order valence-corrected chi connectivity index (χ4v) is 3.16. The number of hydrogen-bond acceptors (Lipinski definition) is 3. The molecule has 1 rings (SSSR count). The van der Waals surface area contributed by atoms with E-state index in [4.69, 9.17) is 0 Å². The van der Waals surface area contributed by atoms with E-state index in [1.165, 1.54) is 35.9 Å². The largest absolute Gasteiger partial charge is 0.362 e. The Bertz CT molecular complexity index is 217. The lowest BCUT2D eigenvalue weighted by Crippen LogP contribution is -2.41. The lowest BCUT2D eigenvalue weighted by molar-refractivity contribution is 0.442. The third kappa shape index (κ3) is 5.48. The van der Waals surface area contributed by atoms with Gasteiger partial charge in [-0.25, -0.2) is 0 Å². The van der Waals surface area contributed by atoms with Crippen LogP contribution in [0.1, 0.15) is 33.1 Å². The Labute approximate surface area is 108 Å². The van der Waals surface area contributed by atoms with Gasteiger partial charge in [0.05, 0.1) is 0 Å². The topological polar surface area (TPSA) is 24.4 Å². The summed E-state index contributed by atoms with van der Waals surface area (Å²) in [7, 11) is 0. The predicted octanol–water partition coefficient (Wildman–Crippen LogP) is 3.24. The van der Waals surface area contributed by atoms with Gasteiger partial charge in [0.2, 0.25) is 0 Å². The molecule has 2 nitrogen and oxygen atoms in total. The molecule has 94 valence electrons. The Hall–Kier alpha value is 0.170. The van der Waals surface area contributed by atoms with Crippen LogP contribution in [0.5, 0.6) is 0 Å². The van der Waals surface area contributed by atoms with Crippen LogP contribution in [-0.2, 0) is 0 Å². The van der Waals surface area contributed by atoms with Gasteiger partial charge in [0.25, 0.3) is 0 Å². The number of amidine groups is 1. The van der Waals surface area contributed by atoms with E-state index in [1.807, 2.05) is 23.5 Å². The molecule has 1 unspecified atom stereocenters. The summed E-state index contributed by atoms with van der Waals surface area (Å²) >= 11 is 3.80. The maximum absolute atomic E-state index is 4.65. The zero-order valence-corrected chi connectivity index (χ0v) is 12.3. The standard InChI is InChI=1S/C12H24N2S2/c1-10(2)11-6-9-16-12(14-11)13-7-4-5-8-15-3/h10-11H,4-9H2,1-3H3,(H,13,14). The molecule has 1 atom stereocenters. The van der Waals surface area contributed by atoms with Crippen LogP contribution >= 0.6 is 23.5 Å². The van der Waals surface area contributed by atoms with Crippen molar-refractivity contribution in [3.8, 4) is 0 Å². The highest BCUT2D eigenvalue weighted by molar-refractivity contribution is 8.13. The zero-order chi connectivity index (χ0) is 11.8. The van der Waals surface area contributed by atoms with Gasteiger partial charge in [-0.1, -0.05) is 25.6 Å². The van der Waals surface area contributed by atoms with Crippen molar-refractivity contribution in [2.45, 2.75) is 39.2 Å². The summed E-state index contributed by atoms with van der Waals surface area (Å²) in [5.74, 6) is 3.20. The van der Waals surface area contributed by atoms with Crippen molar-refractivity contribution in [1.29, 1.82) is 0 Å². The predicted molar refractivity (Wildman–Crippen MR) is 78.8 cm³/mol. The molecule has 4 heteroatoms. The van der Waals surface area contributed by atoms with Crippen LogP contribution in [0, 0.1) is 5.92 Å². The fourth-order valence-electron chi connectivity index (χ4n) is 1.69. The highest BCUT2D eigenvalue weighted by Gasteiger charge is 2.19. The highest BCUT2D eigenvalue weighted by atomic mass is 32.2. The van der Waals surface area contributed by atoms with Gasteiger partial charge in [0.1, 0.15) is 0 Å². The number of nitrogens with one attached hydrogen (secondary N) is 1. The van der Waals surface area contributed by atoms with Crippen LogP contribution in [0.25, 0.3) is 0 Å². The molecule has 16 heavy (non-hydrogen) atoms. The lowest BCUT2D eigenvalue weighted by Gasteiger charge is -2.28. The third-order valence-electron chi connectivity index (χ3n) is 2.79. The van der Waals surface area contributed by atoms with Gasteiger partial charge in [0, 0.05) is 18.3 Å². The first-order valence-corrected chi connectivity index (χ1v) is 8.54. The quantitative estimate of drug-likeness (QED) is 0.742. The smallest absolute Gasteiger partial charge is 0.156 e. The van der Waals surface area contributed by atoms with Crippen molar-refractivity contribution in [2.75, 3.05) is 24.3 Å². The van der Waals surface area contributed by atoms with Crippen molar-refractivity contribution in [1.82, 2.24) is 5.32 Å². The zero-order valence-electron chi connectivity index (χ0n) is 10.7.